The third kappa shape index (κ3) is 2.61. The van der Waals surface area contributed by atoms with Gasteiger partial charge in [-0.1, -0.05) is 17.7 Å². The van der Waals surface area contributed by atoms with Gasteiger partial charge in [0.25, 0.3) is 0 Å². The van der Waals surface area contributed by atoms with E-state index >= 15 is 0 Å². The van der Waals surface area contributed by atoms with E-state index in [4.69, 9.17) is 27.4 Å². The molecule has 0 amide bonds. The normalized spacial score (nSPS) is 12.5. The van der Waals surface area contributed by atoms with Crippen molar-refractivity contribution in [2.45, 2.75) is 16.6 Å². The van der Waals surface area contributed by atoms with Crippen molar-refractivity contribution in [3.05, 3.63) is 24.0 Å². The van der Waals surface area contributed by atoms with E-state index in [9.17, 15) is 0 Å². The summed E-state index contributed by atoms with van der Waals surface area (Å²) in [7, 11) is 0. The average Bonchev–Trinajstić information content (AvgIpc) is 3.20. The highest BCUT2D eigenvalue weighted by atomic mass is 32.2. The number of hydrogen-bond donors (Lipinski definition) is 2. The van der Waals surface area contributed by atoms with Gasteiger partial charge in [-0.3, -0.25) is 0 Å². The number of rotatable bonds is 4. The standard InChI is InChI=1S/C16H14N6O2S/c1-2-9-5-10-11(24-8-23-10)6-12(9)25-16-21-13-14(18)19-7-20-15(13)22(16)4-3-17/h1,5-7H,3-4,8,17H2,(H2,18,19,20). The number of terminal acetylenes is 1. The highest BCUT2D eigenvalue weighted by Gasteiger charge is 2.20. The van der Waals surface area contributed by atoms with Crippen LogP contribution >= 0.6 is 11.8 Å². The maximum absolute atomic E-state index is 5.92. The highest BCUT2D eigenvalue weighted by molar-refractivity contribution is 7.99. The van der Waals surface area contributed by atoms with Gasteiger partial charge in [-0.05, 0) is 6.07 Å². The molecule has 0 aliphatic carbocycles. The number of aromatic nitrogens is 4. The predicted octanol–water partition coefficient (Wildman–Crippen LogP) is 1.23. The first kappa shape index (κ1) is 15.6. The second-order valence-electron chi connectivity index (χ2n) is 5.21. The Morgan fingerprint density at radius 2 is 2.08 bits per heavy atom. The fraction of sp³-hybridized carbons (Fsp3) is 0.188. The van der Waals surface area contributed by atoms with Crippen LogP contribution in [0.5, 0.6) is 11.5 Å². The van der Waals surface area contributed by atoms with E-state index in [-0.39, 0.29) is 6.79 Å². The second kappa shape index (κ2) is 6.16. The van der Waals surface area contributed by atoms with Crippen LogP contribution < -0.4 is 20.9 Å². The van der Waals surface area contributed by atoms with Crippen LogP contribution in [0.2, 0.25) is 0 Å². The molecule has 0 atom stereocenters. The zero-order valence-electron chi connectivity index (χ0n) is 13.1. The highest BCUT2D eigenvalue weighted by Crippen LogP contribution is 2.40. The lowest BCUT2D eigenvalue weighted by atomic mass is 10.2. The lowest BCUT2D eigenvalue weighted by molar-refractivity contribution is 0.174. The Morgan fingerprint density at radius 1 is 1.28 bits per heavy atom. The van der Waals surface area contributed by atoms with Crippen molar-refractivity contribution in [3.63, 3.8) is 0 Å². The van der Waals surface area contributed by atoms with Crippen LogP contribution in [0.3, 0.4) is 0 Å². The quantitative estimate of drug-likeness (QED) is 0.673. The molecule has 0 spiro atoms. The Kier molecular flexibility index (Phi) is 3.83. The lowest BCUT2D eigenvalue weighted by Crippen LogP contribution is -2.11. The zero-order chi connectivity index (χ0) is 17.4. The molecule has 3 aromatic rings. The minimum absolute atomic E-state index is 0.186. The molecule has 1 aliphatic heterocycles. The van der Waals surface area contributed by atoms with Crippen LogP contribution in [0.4, 0.5) is 5.82 Å². The molecule has 2 aromatic heterocycles. The molecule has 0 unspecified atom stereocenters. The first-order chi connectivity index (χ1) is 12.2. The molecule has 4 N–H and O–H groups in total. The molecule has 0 saturated carbocycles. The molecule has 1 aromatic carbocycles. The van der Waals surface area contributed by atoms with Crippen LogP contribution in [0, 0.1) is 12.3 Å². The van der Waals surface area contributed by atoms with E-state index in [2.05, 4.69) is 20.9 Å². The van der Waals surface area contributed by atoms with Crippen LogP contribution in [0.25, 0.3) is 11.2 Å². The number of imidazole rings is 1. The van der Waals surface area contributed by atoms with Gasteiger partial charge < -0.3 is 25.5 Å². The van der Waals surface area contributed by atoms with E-state index in [0.717, 1.165) is 4.90 Å². The van der Waals surface area contributed by atoms with Crippen molar-refractivity contribution in [3.8, 4) is 23.8 Å². The first-order valence-corrected chi connectivity index (χ1v) is 8.27. The first-order valence-electron chi connectivity index (χ1n) is 7.46. The van der Waals surface area contributed by atoms with Crippen molar-refractivity contribution in [2.75, 3.05) is 19.1 Å². The number of nitrogens with zero attached hydrogens (tertiary/aromatic N) is 4. The number of hydrogen-bond acceptors (Lipinski definition) is 8. The molecule has 1 aliphatic rings. The average molecular weight is 354 g/mol. The van der Waals surface area contributed by atoms with Gasteiger partial charge in [-0.15, -0.1) is 6.42 Å². The molecule has 0 fully saturated rings. The largest absolute Gasteiger partial charge is 0.454 e. The number of fused-ring (bicyclic) bond motifs is 2. The maximum Gasteiger partial charge on any atom is 0.231 e. The van der Waals surface area contributed by atoms with Crippen LogP contribution in [-0.4, -0.2) is 32.9 Å². The molecule has 0 bridgehead atoms. The molecule has 4 rings (SSSR count). The predicted molar refractivity (Wildman–Crippen MR) is 93.4 cm³/mol. The minimum atomic E-state index is 0.186. The van der Waals surface area contributed by atoms with Crippen LogP contribution in [0.15, 0.2) is 28.5 Å². The zero-order valence-corrected chi connectivity index (χ0v) is 13.9. The Bertz CT molecular complexity index is 1010. The number of anilines is 1. The van der Waals surface area contributed by atoms with E-state index in [1.165, 1.54) is 18.1 Å². The van der Waals surface area contributed by atoms with Gasteiger partial charge in [-0.25, -0.2) is 15.0 Å². The van der Waals surface area contributed by atoms with Gasteiger partial charge >= 0.3 is 0 Å². The van der Waals surface area contributed by atoms with Gasteiger partial charge in [0.05, 0.1) is 0 Å². The van der Waals surface area contributed by atoms with E-state index in [0.29, 0.717) is 52.3 Å². The van der Waals surface area contributed by atoms with E-state index < -0.39 is 0 Å². The molecular weight excluding hydrogens is 340 g/mol. The summed E-state index contributed by atoms with van der Waals surface area (Å²) in [5.41, 5.74) is 13.5. The van der Waals surface area contributed by atoms with Crippen molar-refractivity contribution < 1.29 is 9.47 Å². The number of nitrogens with two attached hydrogens (primary N) is 2. The SMILES string of the molecule is C#Cc1cc2c(cc1Sc1nc3c(N)ncnc3n1CCN)OCO2. The summed E-state index contributed by atoms with van der Waals surface area (Å²) in [5.74, 6) is 4.29. The molecule has 3 heterocycles. The molecule has 0 radical (unpaired) electrons. The summed E-state index contributed by atoms with van der Waals surface area (Å²) in [4.78, 5) is 13.7. The van der Waals surface area contributed by atoms with Crippen molar-refractivity contribution in [1.29, 1.82) is 0 Å². The van der Waals surface area contributed by atoms with Gasteiger partial charge in [-0.2, -0.15) is 0 Å². The van der Waals surface area contributed by atoms with Gasteiger partial charge in [0.2, 0.25) is 6.79 Å². The monoisotopic (exact) mass is 354 g/mol. The third-order valence-electron chi connectivity index (χ3n) is 3.71. The van der Waals surface area contributed by atoms with E-state index in [1.807, 2.05) is 10.6 Å². The lowest BCUT2D eigenvalue weighted by Gasteiger charge is -2.08. The Labute approximate surface area is 147 Å². The smallest absolute Gasteiger partial charge is 0.231 e. The summed E-state index contributed by atoms with van der Waals surface area (Å²) < 4.78 is 12.7. The molecular formula is C16H14N6O2S. The van der Waals surface area contributed by atoms with Crippen LogP contribution in [-0.2, 0) is 6.54 Å². The molecule has 25 heavy (non-hydrogen) atoms. The van der Waals surface area contributed by atoms with Crippen molar-refractivity contribution >= 4 is 28.7 Å². The Balaban J connectivity index is 1.82. The second-order valence-corrected chi connectivity index (χ2v) is 6.22. The fourth-order valence-electron chi connectivity index (χ4n) is 2.56. The van der Waals surface area contributed by atoms with Crippen molar-refractivity contribution in [1.82, 2.24) is 19.5 Å². The number of benzene rings is 1. The summed E-state index contributed by atoms with van der Waals surface area (Å²) in [6, 6.07) is 3.64. The Morgan fingerprint density at radius 3 is 2.84 bits per heavy atom. The summed E-state index contributed by atoms with van der Waals surface area (Å²) in [5, 5.41) is 0.683. The molecule has 0 saturated heterocycles. The van der Waals surface area contributed by atoms with Gasteiger partial charge in [0.15, 0.2) is 33.6 Å². The summed E-state index contributed by atoms with van der Waals surface area (Å²) >= 11 is 1.40. The van der Waals surface area contributed by atoms with Crippen molar-refractivity contribution in [2.24, 2.45) is 5.73 Å². The number of nitrogen functional groups attached to an aromatic ring is 1. The molecule has 8 nitrogen and oxygen atoms in total. The Hall–Kier alpha value is -2.96. The van der Waals surface area contributed by atoms with Crippen LogP contribution in [0.1, 0.15) is 5.56 Å². The fourth-order valence-corrected chi connectivity index (χ4v) is 3.58. The maximum atomic E-state index is 5.92. The third-order valence-corrected chi connectivity index (χ3v) is 4.76. The van der Waals surface area contributed by atoms with E-state index in [1.54, 1.807) is 6.07 Å². The topological polar surface area (TPSA) is 114 Å². The van der Waals surface area contributed by atoms with Gasteiger partial charge in [0.1, 0.15) is 6.33 Å². The molecule has 9 heteroatoms. The minimum Gasteiger partial charge on any atom is -0.454 e. The van der Waals surface area contributed by atoms with Gasteiger partial charge in [0, 0.05) is 29.6 Å². The summed E-state index contributed by atoms with van der Waals surface area (Å²) in [6.45, 7) is 1.17. The number of ether oxygens (including phenoxy) is 2. The molecule has 126 valence electrons. The summed E-state index contributed by atoms with van der Waals surface area (Å²) in [6.07, 6.45) is 7.06.